The molecule has 0 bridgehead atoms. The maximum Gasteiger partial charge on any atom is 0.326 e. The molecule has 9 nitrogen and oxygen atoms in total. The van der Waals surface area contributed by atoms with Gasteiger partial charge < -0.3 is 25.0 Å². The lowest BCUT2D eigenvalue weighted by atomic mass is 9.77. The summed E-state index contributed by atoms with van der Waals surface area (Å²) in [5, 5.41) is 20.5. The topological polar surface area (TPSA) is 139 Å². The van der Waals surface area contributed by atoms with E-state index >= 15 is 0 Å². The third kappa shape index (κ3) is 8.20. The number of hydrogen-bond donors (Lipinski definition) is 3. The number of carbonyl (C=O) groups excluding carboxylic acids is 2. The molecule has 3 N–H and O–H groups in total. The number of nitrogens with one attached hydrogen (secondary N) is 1. The lowest BCUT2D eigenvalue weighted by molar-refractivity contribution is -0.145. The Bertz CT molecular complexity index is 847. The summed E-state index contributed by atoms with van der Waals surface area (Å²) in [4.78, 5) is 47.1. The Morgan fingerprint density at radius 1 is 1.16 bits per heavy atom. The van der Waals surface area contributed by atoms with E-state index in [-0.39, 0.29) is 31.7 Å². The Labute approximate surface area is 188 Å². The highest BCUT2D eigenvalue weighted by atomic mass is 16.5. The lowest BCUT2D eigenvalue weighted by Crippen LogP contribution is -2.42. The van der Waals surface area contributed by atoms with E-state index in [9.17, 15) is 24.3 Å². The zero-order valence-electron chi connectivity index (χ0n) is 19.3. The Morgan fingerprint density at radius 3 is 2.34 bits per heavy atom. The average Bonchev–Trinajstić information content (AvgIpc) is 2.67. The van der Waals surface area contributed by atoms with Gasteiger partial charge in [0.25, 0.3) is 0 Å². The van der Waals surface area contributed by atoms with Crippen LogP contribution in [0, 0.1) is 6.92 Å². The van der Waals surface area contributed by atoms with Crippen LogP contribution in [-0.4, -0.2) is 53.8 Å². The van der Waals surface area contributed by atoms with E-state index in [1.54, 1.807) is 6.07 Å². The summed E-state index contributed by atoms with van der Waals surface area (Å²) >= 11 is 0. The highest BCUT2D eigenvalue weighted by Crippen LogP contribution is 2.38. The number of carboxylic acid groups (broad SMARTS) is 2. The largest absolute Gasteiger partial charge is 0.496 e. The minimum Gasteiger partial charge on any atom is -0.496 e. The van der Waals surface area contributed by atoms with Crippen LogP contribution < -0.4 is 10.1 Å². The first-order valence-corrected chi connectivity index (χ1v) is 10.5. The third-order valence-electron chi connectivity index (χ3n) is 4.91. The monoisotopic (exact) mass is 451 g/mol. The molecule has 0 saturated heterocycles. The number of aliphatic carboxylic acids is 2. The molecule has 0 aromatic heterocycles. The second-order valence-corrected chi connectivity index (χ2v) is 8.35. The van der Waals surface area contributed by atoms with Crippen molar-refractivity contribution in [3.05, 3.63) is 28.8 Å². The Balaban J connectivity index is 3.20. The van der Waals surface area contributed by atoms with E-state index < -0.39 is 29.3 Å². The minimum atomic E-state index is -1.31. The molecule has 0 spiro atoms. The Kier molecular flexibility index (Phi) is 10.2. The molecule has 1 atom stereocenters. The van der Waals surface area contributed by atoms with Crippen molar-refractivity contribution in [1.82, 2.24) is 5.32 Å². The van der Waals surface area contributed by atoms with Crippen molar-refractivity contribution in [1.29, 1.82) is 0 Å². The van der Waals surface area contributed by atoms with Crippen LogP contribution in [-0.2, 0) is 35.8 Å². The van der Waals surface area contributed by atoms with Crippen molar-refractivity contribution < 1.29 is 38.9 Å². The summed E-state index contributed by atoms with van der Waals surface area (Å²) in [6.45, 7) is 7.76. The maximum atomic E-state index is 12.7. The van der Waals surface area contributed by atoms with E-state index in [1.165, 1.54) is 7.11 Å². The Morgan fingerprint density at radius 2 is 1.81 bits per heavy atom. The van der Waals surface area contributed by atoms with Gasteiger partial charge in [-0.25, -0.2) is 4.79 Å². The molecule has 0 heterocycles. The van der Waals surface area contributed by atoms with Crippen molar-refractivity contribution in [2.45, 2.75) is 71.3 Å². The number of carboxylic acids is 2. The maximum absolute atomic E-state index is 12.7. The van der Waals surface area contributed by atoms with Crippen LogP contribution in [0.25, 0.3) is 0 Å². The van der Waals surface area contributed by atoms with E-state index in [4.69, 9.17) is 14.6 Å². The molecule has 0 aliphatic carbocycles. The molecule has 9 heteroatoms. The van der Waals surface area contributed by atoms with E-state index in [0.29, 0.717) is 29.9 Å². The van der Waals surface area contributed by atoms with Gasteiger partial charge in [0.2, 0.25) is 5.91 Å². The number of methoxy groups -OCH3 is 1. The first-order valence-electron chi connectivity index (χ1n) is 10.5. The van der Waals surface area contributed by atoms with E-state index in [1.807, 2.05) is 33.8 Å². The molecule has 0 aliphatic rings. The molecule has 1 aromatic carbocycles. The van der Waals surface area contributed by atoms with Gasteiger partial charge in [0.05, 0.1) is 26.6 Å². The van der Waals surface area contributed by atoms with Gasteiger partial charge in [0.15, 0.2) is 0 Å². The first kappa shape index (κ1) is 26.9. The number of hydrogen-bond acceptors (Lipinski definition) is 6. The van der Waals surface area contributed by atoms with Crippen LogP contribution in [0.2, 0.25) is 0 Å². The van der Waals surface area contributed by atoms with Gasteiger partial charge in [-0.15, -0.1) is 0 Å². The van der Waals surface area contributed by atoms with Gasteiger partial charge in [-0.05, 0) is 37.0 Å². The molecule has 0 aliphatic heterocycles. The molecule has 1 rings (SSSR count). The van der Waals surface area contributed by atoms with E-state index in [0.717, 1.165) is 5.56 Å². The second-order valence-electron chi connectivity index (χ2n) is 8.35. The quantitative estimate of drug-likeness (QED) is 0.389. The van der Waals surface area contributed by atoms with Crippen LogP contribution in [0.3, 0.4) is 0 Å². The van der Waals surface area contributed by atoms with Crippen LogP contribution >= 0.6 is 0 Å². The molecular formula is C23H33NO8. The molecule has 178 valence electrons. The standard InChI is InChI=1S/C23H33NO8/c1-6-9-32-20(28)13-23(3,4)21-15(10-14(2)11-17(21)31-5)12-18(25)24-16(22(29)30)7-8-19(26)27/h10-11,16H,6-9,12-13H2,1-5H3,(H,24,25)(H,26,27)(H,29,30)/t16-/m0/s1. The van der Waals surface area contributed by atoms with Gasteiger partial charge >= 0.3 is 17.9 Å². The Hall–Kier alpha value is -3.10. The van der Waals surface area contributed by atoms with Gasteiger partial charge in [0, 0.05) is 17.4 Å². The van der Waals surface area contributed by atoms with Crippen LogP contribution in [0.1, 0.15) is 63.1 Å². The fourth-order valence-corrected chi connectivity index (χ4v) is 3.55. The summed E-state index contributed by atoms with van der Waals surface area (Å²) in [7, 11) is 1.50. The highest BCUT2D eigenvalue weighted by molar-refractivity contribution is 5.85. The van der Waals surface area contributed by atoms with Crippen molar-refractivity contribution >= 4 is 23.8 Å². The molecule has 0 fully saturated rings. The number of benzene rings is 1. The zero-order chi connectivity index (χ0) is 24.5. The molecule has 0 saturated carbocycles. The number of aryl methyl sites for hydroxylation is 1. The predicted octanol–water partition coefficient (Wildman–Crippen LogP) is 2.60. The highest BCUT2D eigenvalue weighted by Gasteiger charge is 2.32. The van der Waals surface area contributed by atoms with Crippen LogP contribution in [0.5, 0.6) is 5.75 Å². The molecule has 1 amide bonds. The lowest BCUT2D eigenvalue weighted by Gasteiger charge is -2.29. The van der Waals surface area contributed by atoms with Crippen molar-refractivity contribution in [2.24, 2.45) is 0 Å². The van der Waals surface area contributed by atoms with E-state index in [2.05, 4.69) is 5.32 Å². The van der Waals surface area contributed by atoms with Crippen LogP contribution in [0.15, 0.2) is 12.1 Å². The SMILES string of the molecule is CCCOC(=O)CC(C)(C)c1c(CC(=O)N[C@@H](CCC(=O)O)C(=O)O)cc(C)cc1OC. The predicted molar refractivity (Wildman–Crippen MR) is 117 cm³/mol. The van der Waals surface area contributed by atoms with Gasteiger partial charge in [-0.2, -0.15) is 0 Å². The number of ether oxygens (including phenoxy) is 2. The van der Waals surface area contributed by atoms with Gasteiger partial charge in [-0.3, -0.25) is 14.4 Å². The average molecular weight is 452 g/mol. The molecule has 0 radical (unpaired) electrons. The number of amides is 1. The fourth-order valence-electron chi connectivity index (χ4n) is 3.55. The molecule has 1 aromatic rings. The van der Waals surface area contributed by atoms with Crippen molar-refractivity contribution in [2.75, 3.05) is 13.7 Å². The van der Waals surface area contributed by atoms with Crippen LogP contribution in [0.4, 0.5) is 0 Å². The van der Waals surface area contributed by atoms with Gasteiger partial charge in [-0.1, -0.05) is 26.8 Å². The minimum absolute atomic E-state index is 0.0669. The first-order chi connectivity index (χ1) is 14.9. The fraction of sp³-hybridized carbons (Fsp3) is 0.565. The number of rotatable bonds is 13. The molecular weight excluding hydrogens is 418 g/mol. The smallest absolute Gasteiger partial charge is 0.326 e. The zero-order valence-corrected chi connectivity index (χ0v) is 19.3. The summed E-state index contributed by atoms with van der Waals surface area (Å²) in [5.74, 6) is -2.87. The van der Waals surface area contributed by atoms with Crippen molar-refractivity contribution in [3.63, 3.8) is 0 Å². The normalized spacial score (nSPS) is 12.0. The summed E-state index contributed by atoms with van der Waals surface area (Å²) < 4.78 is 10.8. The third-order valence-corrected chi connectivity index (χ3v) is 4.91. The second kappa shape index (κ2) is 12.1. The molecule has 0 unspecified atom stereocenters. The summed E-state index contributed by atoms with van der Waals surface area (Å²) in [5.41, 5.74) is 1.36. The number of esters is 1. The summed E-state index contributed by atoms with van der Waals surface area (Å²) in [6.07, 6.45) is 0.00988. The number of carbonyl (C=O) groups is 4. The summed E-state index contributed by atoms with van der Waals surface area (Å²) in [6, 6.07) is 2.29. The molecule has 32 heavy (non-hydrogen) atoms. The van der Waals surface area contributed by atoms with Crippen molar-refractivity contribution in [3.8, 4) is 5.75 Å². The van der Waals surface area contributed by atoms with Gasteiger partial charge in [0.1, 0.15) is 11.8 Å².